The molecule has 2 nitrogen and oxygen atoms in total. The van der Waals surface area contributed by atoms with E-state index >= 15 is 0 Å². The average molecular weight is 318 g/mol. The second kappa shape index (κ2) is 4.85. The van der Waals surface area contributed by atoms with Gasteiger partial charge in [0.2, 0.25) is 0 Å². The summed E-state index contributed by atoms with van der Waals surface area (Å²) in [5, 5.41) is 4.73. The van der Waals surface area contributed by atoms with Gasteiger partial charge < -0.3 is 0 Å². The van der Waals surface area contributed by atoms with E-state index < -0.39 is 0 Å². The van der Waals surface area contributed by atoms with Gasteiger partial charge in [0.1, 0.15) is 0 Å². The fourth-order valence-corrected chi connectivity index (χ4v) is 3.31. The Bertz CT molecular complexity index is 340. The lowest BCUT2D eigenvalue weighted by atomic mass is 9.85. The molecule has 84 valence electrons. The first kappa shape index (κ1) is 11.4. The van der Waals surface area contributed by atoms with Crippen LogP contribution in [0.25, 0.3) is 0 Å². The van der Waals surface area contributed by atoms with Crippen LogP contribution in [0.15, 0.2) is 0 Å². The van der Waals surface area contributed by atoms with Crippen molar-refractivity contribution in [1.29, 1.82) is 0 Å². The van der Waals surface area contributed by atoms with E-state index in [9.17, 15) is 0 Å². The maximum absolute atomic E-state index is 4.73. The van der Waals surface area contributed by atoms with Crippen LogP contribution in [-0.2, 0) is 19.4 Å². The number of aryl methyl sites for hydroxylation is 1. The molecule has 1 aliphatic carbocycles. The third-order valence-electron chi connectivity index (χ3n) is 3.39. The van der Waals surface area contributed by atoms with Gasteiger partial charge in [-0.3, -0.25) is 4.68 Å². The molecule has 2 rings (SSSR count). The van der Waals surface area contributed by atoms with Crippen LogP contribution >= 0.6 is 22.6 Å². The second-order valence-corrected chi connectivity index (χ2v) is 5.47. The van der Waals surface area contributed by atoms with Gasteiger partial charge in [0.15, 0.2) is 0 Å². The Morgan fingerprint density at radius 1 is 1.33 bits per heavy atom. The molecule has 0 spiro atoms. The molecule has 3 heteroatoms. The van der Waals surface area contributed by atoms with Crippen LogP contribution in [-0.4, -0.2) is 9.78 Å². The third kappa shape index (κ3) is 2.22. The number of aromatic nitrogens is 2. The highest BCUT2D eigenvalue weighted by Gasteiger charge is 2.21. The van der Waals surface area contributed by atoms with Crippen molar-refractivity contribution < 1.29 is 0 Å². The molecule has 0 bridgehead atoms. The molecule has 0 aromatic carbocycles. The number of hydrogen-bond donors (Lipinski definition) is 0. The average Bonchev–Trinajstić information content (AvgIpc) is 2.48. The van der Waals surface area contributed by atoms with Crippen molar-refractivity contribution in [2.75, 3.05) is 0 Å². The smallest absolute Gasteiger partial charge is 0.0758 e. The highest BCUT2D eigenvalue weighted by atomic mass is 127. The van der Waals surface area contributed by atoms with Gasteiger partial charge in [0, 0.05) is 6.54 Å². The molecule has 0 N–H and O–H groups in total. The van der Waals surface area contributed by atoms with Gasteiger partial charge in [-0.15, -0.1) is 0 Å². The Hall–Kier alpha value is -0.0600. The highest BCUT2D eigenvalue weighted by Crippen LogP contribution is 2.29. The molecule has 0 aliphatic heterocycles. The lowest BCUT2D eigenvalue weighted by Crippen LogP contribution is -2.20. The molecule has 1 fully saturated rings. The van der Waals surface area contributed by atoms with Crippen LogP contribution in [0.2, 0.25) is 0 Å². The van der Waals surface area contributed by atoms with E-state index in [2.05, 4.69) is 41.1 Å². The van der Waals surface area contributed by atoms with Crippen LogP contribution in [0.3, 0.4) is 0 Å². The van der Waals surface area contributed by atoms with Gasteiger partial charge in [-0.25, -0.2) is 0 Å². The van der Waals surface area contributed by atoms with Gasteiger partial charge >= 0.3 is 0 Å². The van der Waals surface area contributed by atoms with Crippen molar-refractivity contribution in [1.82, 2.24) is 9.78 Å². The van der Waals surface area contributed by atoms with Crippen LogP contribution in [0, 0.1) is 9.49 Å². The fraction of sp³-hybridized carbons (Fsp3) is 0.750. The first-order valence-corrected chi connectivity index (χ1v) is 7.08. The van der Waals surface area contributed by atoms with E-state index in [1.807, 2.05) is 0 Å². The zero-order valence-electron chi connectivity index (χ0n) is 9.59. The van der Waals surface area contributed by atoms with Crippen molar-refractivity contribution in [3.63, 3.8) is 0 Å². The quantitative estimate of drug-likeness (QED) is 0.778. The summed E-state index contributed by atoms with van der Waals surface area (Å²) >= 11 is 2.46. The molecule has 0 saturated heterocycles. The third-order valence-corrected chi connectivity index (χ3v) is 4.63. The maximum Gasteiger partial charge on any atom is 0.0758 e. The van der Waals surface area contributed by atoms with Crippen molar-refractivity contribution in [3.8, 4) is 0 Å². The minimum absolute atomic E-state index is 0.899. The van der Waals surface area contributed by atoms with Crippen LogP contribution in [0.4, 0.5) is 0 Å². The Morgan fingerprint density at radius 3 is 2.53 bits per heavy atom. The SMILES string of the molecule is CCc1nn(CC2CCC2)c(CC)c1I. The predicted molar refractivity (Wildman–Crippen MR) is 71.0 cm³/mol. The van der Waals surface area contributed by atoms with Crippen molar-refractivity contribution in [2.45, 2.75) is 52.5 Å². The van der Waals surface area contributed by atoms with Gasteiger partial charge in [0.25, 0.3) is 0 Å². The summed E-state index contributed by atoms with van der Waals surface area (Å²) in [5.41, 5.74) is 2.73. The van der Waals surface area contributed by atoms with Gasteiger partial charge in [-0.1, -0.05) is 20.3 Å². The summed E-state index contributed by atoms with van der Waals surface area (Å²) in [6, 6.07) is 0. The lowest BCUT2D eigenvalue weighted by molar-refractivity contribution is 0.263. The zero-order chi connectivity index (χ0) is 10.8. The van der Waals surface area contributed by atoms with Crippen molar-refractivity contribution in [3.05, 3.63) is 15.0 Å². The van der Waals surface area contributed by atoms with E-state index in [0.717, 1.165) is 25.3 Å². The molecule has 1 heterocycles. The van der Waals surface area contributed by atoms with Crippen LogP contribution < -0.4 is 0 Å². The van der Waals surface area contributed by atoms with E-state index in [1.54, 1.807) is 0 Å². The summed E-state index contributed by atoms with van der Waals surface area (Å²) in [5.74, 6) is 0.899. The number of hydrogen-bond acceptors (Lipinski definition) is 1. The Balaban J connectivity index is 2.20. The highest BCUT2D eigenvalue weighted by molar-refractivity contribution is 14.1. The van der Waals surface area contributed by atoms with Crippen LogP contribution in [0.5, 0.6) is 0 Å². The minimum Gasteiger partial charge on any atom is -0.268 e. The predicted octanol–water partition coefficient (Wildman–Crippen LogP) is 3.41. The molecular weight excluding hydrogens is 299 g/mol. The maximum atomic E-state index is 4.73. The van der Waals surface area contributed by atoms with Crippen molar-refractivity contribution >= 4 is 22.6 Å². The summed E-state index contributed by atoms with van der Waals surface area (Å²) in [6.45, 7) is 5.58. The summed E-state index contributed by atoms with van der Waals surface area (Å²) in [6.07, 6.45) is 6.40. The molecule has 1 aromatic heterocycles. The molecule has 1 aliphatic rings. The van der Waals surface area contributed by atoms with Crippen LogP contribution in [0.1, 0.15) is 44.5 Å². The number of nitrogens with zero attached hydrogens (tertiary/aromatic N) is 2. The first-order valence-electron chi connectivity index (χ1n) is 6.00. The van der Waals surface area contributed by atoms with Gasteiger partial charge in [0.05, 0.1) is 15.0 Å². The number of halogens is 1. The minimum atomic E-state index is 0.899. The van der Waals surface area contributed by atoms with Crippen molar-refractivity contribution in [2.24, 2.45) is 5.92 Å². The Morgan fingerprint density at radius 2 is 2.07 bits per heavy atom. The topological polar surface area (TPSA) is 17.8 Å². The number of rotatable bonds is 4. The largest absolute Gasteiger partial charge is 0.268 e. The summed E-state index contributed by atoms with van der Waals surface area (Å²) < 4.78 is 3.67. The Kier molecular flexibility index (Phi) is 3.69. The molecule has 0 atom stereocenters. The molecular formula is C12H19IN2. The molecule has 15 heavy (non-hydrogen) atoms. The standard InChI is InChI=1S/C12H19IN2/c1-3-10-12(13)11(4-2)15(14-10)8-9-6-5-7-9/h9H,3-8H2,1-2H3. The molecule has 1 saturated carbocycles. The summed E-state index contributed by atoms with van der Waals surface area (Å²) in [7, 11) is 0. The Labute approximate surface area is 106 Å². The molecule has 0 unspecified atom stereocenters. The van der Waals surface area contributed by atoms with E-state index in [0.29, 0.717) is 0 Å². The first-order chi connectivity index (χ1) is 7.26. The second-order valence-electron chi connectivity index (χ2n) is 4.39. The zero-order valence-corrected chi connectivity index (χ0v) is 11.7. The molecule has 0 radical (unpaired) electrons. The molecule has 1 aromatic rings. The monoisotopic (exact) mass is 318 g/mol. The van der Waals surface area contributed by atoms with Gasteiger partial charge in [-0.05, 0) is 54.2 Å². The summed E-state index contributed by atoms with van der Waals surface area (Å²) in [4.78, 5) is 0. The molecule has 0 amide bonds. The van der Waals surface area contributed by atoms with E-state index in [4.69, 9.17) is 5.10 Å². The normalized spacial score (nSPS) is 16.7. The van der Waals surface area contributed by atoms with E-state index in [1.165, 1.54) is 34.2 Å². The lowest BCUT2D eigenvalue weighted by Gasteiger charge is -2.25. The fourth-order valence-electron chi connectivity index (χ4n) is 2.16. The van der Waals surface area contributed by atoms with Gasteiger partial charge in [-0.2, -0.15) is 5.10 Å². The van der Waals surface area contributed by atoms with E-state index in [-0.39, 0.29) is 0 Å².